The van der Waals surface area contributed by atoms with Gasteiger partial charge in [0.15, 0.2) is 7.98 Å². The molecule has 2 radical (unpaired) electrons. The minimum absolute atomic E-state index is 0.0325. The average molecular weight is 330 g/mol. The number of nitrogens with one attached hydrogen (secondary N) is 3. The van der Waals surface area contributed by atoms with Crippen molar-refractivity contribution < 1.29 is 24.0 Å². The Morgan fingerprint density at radius 3 is 2.59 bits per heavy atom. The van der Waals surface area contributed by atoms with Gasteiger partial charge in [-0.3, -0.25) is 10.7 Å². The maximum absolute atomic E-state index is 11.9. The molecule has 1 heterocycles. The van der Waals surface area contributed by atoms with Crippen LogP contribution >= 0.6 is 8.96 Å². The summed E-state index contributed by atoms with van der Waals surface area (Å²) in [4.78, 5) is 26.7. The Morgan fingerprint density at radius 1 is 1.41 bits per heavy atom. The molecule has 0 spiro atoms. The number of carbonyl (C=O) groups excluding carboxylic acids is 2. The van der Waals surface area contributed by atoms with Crippen LogP contribution in [0.2, 0.25) is 0 Å². The fourth-order valence-corrected chi connectivity index (χ4v) is 2.05. The molecule has 11 heteroatoms. The molecule has 1 unspecified atom stereocenters. The van der Waals surface area contributed by atoms with Crippen LogP contribution in [0.5, 0.6) is 0 Å². The van der Waals surface area contributed by atoms with Gasteiger partial charge in [0.25, 0.3) is 0 Å². The summed E-state index contributed by atoms with van der Waals surface area (Å²) in [5.74, 6) is -0.945. The fraction of sp³-hybridized carbons (Fsp3) is 0.727. The van der Waals surface area contributed by atoms with E-state index in [0.29, 0.717) is 0 Å². The molecule has 22 heavy (non-hydrogen) atoms. The number of amidine groups is 1. The van der Waals surface area contributed by atoms with E-state index in [1.165, 1.54) is 4.90 Å². The third-order valence-corrected chi connectivity index (χ3v) is 3.16. The monoisotopic (exact) mass is 330 g/mol. The lowest BCUT2D eigenvalue weighted by Gasteiger charge is -2.24. The quantitative estimate of drug-likeness (QED) is 0.252. The number of likely N-dealkylation sites (tertiary alicyclic amines) is 1. The van der Waals surface area contributed by atoms with E-state index in [-0.39, 0.29) is 18.9 Å². The predicted octanol–water partition coefficient (Wildman–Crippen LogP) is 0.0993. The first-order valence-electron chi connectivity index (χ1n) is 6.57. The van der Waals surface area contributed by atoms with Crippen molar-refractivity contribution in [2.75, 3.05) is 13.1 Å². The number of nitrogens with zero attached hydrogens (tertiary/aromatic N) is 1. The van der Waals surface area contributed by atoms with Crippen molar-refractivity contribution in [3.05, 3.63) is 0 Å². The Labute approximate surface area is 132 Å². The lowest BCUT2D eigenvalue weighted by atomic mass is 10.1. The van der Waals surface area contributed by atoms with Gasteiger partial charge in [0.1, 0.15) is 20.4 Å². The summed E-state index contributed by atoms with van der Waals surface area (Å²) < 4.78 is 9.82. The van der Waals surface area contributed by atoms with Crippen LogP contribution in [-0.4, -0.2) is 60.8 Å². The van der Waals surface area contributed by atoms with Gasteiger partial charge < -0.3 is 24.3 Å². The molecule has 0 aliphatic carbocycles. The number of rotatable bonds is 3. The van der Waals surface area contributed by atoms with Gasteiger partial charge >= 0.3 is 12.2 Å². The van der Waals surface area contributed by atoms with Gasteiger partial charge in [0.2, 0.25) is 0 Å². The highest BCUT2D eigenvalue weighted by atomic mass is 31.1. The summed E-state index contributed by atoms with van der Waals surface area (Å²) in [6.45, 7) is 5.32. The van der Waals surface area contributed by atoms with Crippen molar-refractivity contribution >= 4 is 35.0 Å². The number of hydrogen-bond acceptors (Lipinski definition) is 7. The minimum Gasteiger partial charge on any atom is -0.444 e. The van der Waals surface area contributed by atoms with Crippen molar-refractivity contribution in [2.45, 2.75) is 32.5 Å². The molecule has 1 rings (SSSR count). The van der Waals surface area contributed by atoms with Gasteiger partial charge in [0.05, 0.1) is 18.6 Å². The minimum atomic E-state index is -0.963. The van der Waals surface area contributed by atoms with E-state index in [9.17, 15) is 14.7 Å². The van der Waals surface area contributed by atoms with Crippen LogP contribution in [0, 0.1) is 11.3 Å². The molecule has 1 fully saturated rings. The zero-order chi connectivity index (χ0) is 16.9. The number of amides is 2. The molecule has 3 atom stereocenters. The largest absolute Gasteiger partial charge is 0.444 e. The van der Waals surface area contributed by atoms with Gasteiger partial charge in [-0.1, -0.05) is 0 Å². The third kappa shape index (κ3) is 5.78. The number of aliphatic hydroxyl groups excluding tert-OH is 1. The lowest BCUT2D eigenvalue weighted by Crippen LogP contribution is -2.40. The van der Waals surface area contributed by atoms with Crippen molar-refractivity contribution in [2.24, 2.45) is 5.92 Å². The molecule has 2 amide bonds. The second kappa shape index (κ2) is 7.76. The zero-order valence-corrected chi connectivity index (χ0v) is 13.7. The summed E-state index contributed by atoms with van der Waals surface area (Å²) in [5.41, 5.74) is -0.647. The SMILES string of the molecule is [B]NPOC(=O)NC(=N)[C@H]1CN(C(=O)OC(C)(C)C)C[C@@H]1O. The lowest BCUT2D eigenvalue weighted by molar-refractivity contribution is 0.0270. The van der Waals surface area contributed by atoms with Crippen molar-refractivity contribution in [3.8, 4) is 0 Å². The van der Waals surface area contributed by atoms with Crippen LogP contribution in [0.4, 0.5) is 9.59 Å². The molecule has 0 saturated carbocycles. The maximum atomic E-state index is 11.9. The Bertz CT molecular complexity index is 445. The summed E-state index contributed by atoms with van der Waals surface area (Å²) in [6.07, 6.45) is -2.39. The molecule has 1 aliphatic rings. The van der Waals surface area contributed by atoms with Gasteiger partial charge in [-0.25, -0.2) is 9.59 Å². The molecular formula is C11H20BN4O5P. The Morgan fingerprint density at radius 2 is 2.05 bits per heavy atom. The van der Waals surface area contributed by atoms with E-state index in [0.717, 1.165) is 0 Å². The van der Waals surface area contributed by atoms with Crippen molar-refractivity contribution in [1.29, 1.82) is 5.41 Å². The predicted molar refractivity (Wildman–Crippen MR) is 81.9 cm³/mol. The van der Waals surface area contributed by atoms with E-state index >= 15 is 0 Å². The van der Waals surface area contributed by atoms with Crippen molar-refractivity contribution in [3.63, 3.8) is 0 Å². The van der Waals surface area contributed by atoms with E-state index in [4.69, 9.17) is 18.1 Å². The molecule has 1 aliphatic heterocycles. The standard InChI is InChI=1S/C11H20BN4O5P/c1-11(2,3)20-10(19)16-4-6(7(17)5-16)8(13)14-9(18)21-22-15-12/h6-7,15,17,22H,4-5H2,1-3H3,(H2,13,14,18)/t6-,7-/m0/s1. The number of β-amino-alcohol motifs (C(OH)–C–C–N with tert-alkyl or cyclic N) is 1. The molecule has 0 aromatic carbocycles. The van der Waals surface area contributed by atoms with Crippen LogP contribution < -0.4 is 10.3 Å². The molecule has 0 aromatic rings. The molecule has 0 aromatic heterocycles. The second-order valence-corrected chi connectivity index (χ2v) is 6.43. The van der Waals surface area contributed by atoms with E-state index in [2.05, 4.69) is 14.8 Å². The van der Waals surface area contributed by atoms with Gasteiger partial charge in [-0.15, -0.1) is 0 Å². The summed E-state index contributed by atoms with van der Waals surface area (Å²) in [7, 11) is 4.51. The Kier molecular flexibility index (Phi) is 6.58. The molecule has 9 nitrogen and oxygen atoms in total. The van der Waals surface area contributed by atoms with Crippen LogP contribution in [0.3, 0.4) is 0 Å². The highest BCUT2D eigenvalue weighted by Gasteiger charge is 2.39. The Hall–Kier alpha value is -1.38. The van der Waals surface area contributed by atoms with Gasteiger partial charge in [-0.2, -0.15) is 0 Å². The van der Waals surface area contributed by atoms with Gasteiger partial charge in [0, 0.05) is 6.54 Å². The third-order valence-electron chi connectivity index (χ3n) is 2.75. The zero-order valence-electron chi connectivity index (χ0n) is 12.7. The van der Waals surface area contributed by atoms with Gasteiger partial charge in [-0.05, 0) is 20.8 Å². The van der Waals surface area contributed by atoms with E-state index in [1.54, 1.807) is 20.8 Å². The molecule has 4 N–H and O–H groups in total. The number of hydrogen-bond donors (Lipinski definition) is 4. The molecule has 0 bridgehead atoms. The summed E-state index contributed by atoms with van der Waals surface area (Å²) in [5, 5.41) is 19.9. The highest BCUT2D eigenvalue weighted by molar-refractivity contribution is 7.32. The van der Waals surface area contributed by atoms with E-state index < -0.39 is 38.8 Å². The molecule has 1 saturated heterocycles. The number of carbonyl (C=O) groups is 2. The summed E-state index contributed by atoms with van der Waals surface area (Å²) in [6, 6.07) is 0. The first-order valence-corrected chi connectivity index (χ1v) is 7.47. The highest BCUT2D eigenvalue weighted by Crippen LogP contribution is 2.20. The normalized spacial score (nSPS) is 21.9. The molecule has 122 valence electrons. The fourth-order valence-electron chi connectivity index (χ4n) is 1.85. The summed E-state index contributed by atoms with van der Waals surface area (Å²) >= 11 is 0. The maximum Gasteiger partial charge on any atom is 0.416 e. The van der Waals surface area contributed by atoms with Crippen molar-refractivity contribution in [1.82, 2.24) is 15.2 Å². The first kappa shape index (κ1) is 18.7. The second-order valence-electron chi connectivity index (χ2n) is 5.73. The smallest absolute Gasteiger partial charge is 0.416 e. The van der Waals surface area contributed by atoms with Crippen LogP contribution in [-0.2, 0) is 9.26 Å². The van der Waals surface area contributed by atoms with E-state index in [1.807, 2.05) is 0 Å². The number of ether oxygens (including phenoxy) is 1. The molecular weight excluding hydrogens is 310 g/mol. The van der Waals surface area contributed by atoms with Crippen LogP contribution in [0.15, 0.2) is 0 Å². The Balaban J connectivity index is 2.54. The van der Waals surface area contributed by atoms with Crippen LogP contribution in [0.25, 0.3) is 0 Å². The van der Waals surface area contributed by atoms with Crippen LogP contribution in [0.1, 0.15) is 20.8 Å². The average Bonchev–Trinajstić information content (AvgIpc) is 2.76. The topological polar surface area (TPSA) is 124 Å². The number of aliphatic hydroxyl groups is 1. The first-order chi connectivity index (χ1) is 10.1.